The highest BCUT2D eigenvalue weighted by atomic mass is 16.5. The maximum Gasteiger partial charge on any atom is 0.319 e. The molecule has 0 rings (SSSR count). The van der Waals surface area contributed by atoms with Gasteiger partial charge < -0.3 is 10.5 Å². The van der Waals surface area contributed by atoms with Crippen LogP contribution < -0.4 is 5.73 Å². The van der Waals surface area contributed by atoms with E-state index in [1.807, 2.05) is 18.9 Å². The van der Waals surface area contributed by atoms with Crippen molar-refractivity contribution in [1.82, 2.24) is 4.90 Å². The van der Waals surface area contributed by atoms with Crippen molar-refractivity contribution < 1.29 is 9.53 Å². The van der Waals surface area contributed by atoms with E-state index in [0.29, 0.717) is 13.1 Å². The predicted octanol–water partition coefficient (Wildman–Crippen LogP) is -0.562. The van der Waals surface area contributed by atoms with Crippen LogP contribution >= 0.6 is 0 Å². The zero-order valence-electron chi connectivity index (χ0n) is 7.33. The van der Waals surface area contributed by atoms with Crippen molar-refractivity contribution in [2.24, 2.45) is 5.73 Å². The molecule has 0 aromatic heterocycles. The first-order chi connectivity index (χ1) is 5.11. The summed E-state index contributed by atoms with van der Waals surface area (Å²) in [4.78, 5) is 12.6. The van der Waals surface area contributed by atoms with Crippen LogP contribution in [0.3, 0.4) is 0 Å². The van der Waals surface area contributed by atoms with Gasteiger partial charge in [0, 0.05) is 12.6 Å². The van der Waals surface area contributed by atoms with Crippen LogP contribution in [0.25, 0.3) is 0 Å². The molecule has 0 aliphatic rings. The summed E-state index contributed by atoms with van der Waals surface area (Å²) < 4.78 is 4.49. The minimum absolute atomic E-state index is 0.217. The zero-order chi connectivity index (χ0) is 8.85. The fourth-order valence-electron chi connectivity index (χ4n) is 0.604. The molecule has 0 aliphatic carbocycles. The quantitative estimate of drug-likeness (QED) is 0.560. The van der Waals surface area contributed by atoms with E-state index in [-0.39, 0.29) is 12.0 Å². The average Bonchev–Trinajstić information content (AvgIpc) is 2.02. The second kappa shape index (κ2) is 5.09. The first-order valence-corrected chi connectivity index (χ1v) is 3.59. The van der Waals surface area contributed by atoms with Crippen molar-refractivity contribution in [1.29, 1.82) is 0 Å². The second-order valence-corrected chi connectivity index (χ2v) is 2.58. The number of methoxy groups -OCH3 is 1. The van der Waals surface area contributed by atoms with Gasteiger partial charge in [0.05, 0.1) is 13.7 Å². The topological polar surface area (TPSA) is 55.6 Å². The van der Waals surface area contributed by atoms with Crippen LogP contribution in [0.2, 0.25) is 0 Å². The number of likely N-dealkylation sites (N-methyl/N-ethyl adjacent to an activating group) is 1. The van der Waals surface area contributed by atoms with Gasteiger partial charge in [0.2, 0.25) is 0 Å². The number of carbonyl (C=O) groups excluding carboxylic acids is 1. The zero-order valence-corrected chi connectivity index (χ0v) is 7.33. The van der Waals surface area contributed by atoms with Crippen molar-refractivity contribution >= 4 is 5.97 Å². The summed E-state index contributed by atoms with van der Waals surface area (Å²) in [5.41, 5.74) is 5.40. The van der Waals surface area contributed by atoms with Crippen LogP contribution in [0, 0.1) is 0 Å². The van der Waals surface area contributed by atoms with Crippen LogP contribution in [0.1, 0.15) is 6.92 Å². The maximum atomic E-state index is 10.7. The van der Waals surface area contributed by atoms with E-state index in [1.54, 1.807) is 0 Å². The van der Waals surface area contributed by atoms with Gasteiger partial charge in [-0.05, 0) is 14.0 Å². The molecule has 4 heteroatoms. The van der Waals surface area contributed by atoms with E-state index in [0.717, 1.165) is 0 Å². The normalized spacial score (nSPS) is 13.2. The van der Waals surface area contributed by atoms with E-state index < -0.39 is 0 Å². The number of carbonyl (C=O) groups is 1. The summed E-state index contributed by atoms with van der Waals surface area (Å²) in [5.74, 6) is -0.229. The number of ether oxygens (including phenoxy) is 1. The molecule has 0 amide bonds. The van der Waals surface area contributed by atoms with E-state index in [2.05, 4.69) is 4.74 Å². The Balaban J connectivity index is 3.67. The number of nitrogens with two attached hydrogens (primary N) is 1. The highest BCUT2D eigenvalue weighted by Crippen LogP contribution is 1.92. The van der Waals surface area contributed by atoms with E-state index in [1.165, 1.54) is 7.11 Å². The lowest BCUT2D eigenvalue weighted by Crippen LogP contribution is -2.38. The monoisotopic (exact) mass is 160 g/mol. The number of nitrogens with zero attached hydrogens (tertiary/aromatic N) is 1. The van der Waals surface area contributed by atoms with Gasteiger partial charge in [0.15, 0.2) is 0 Å². The number of esters is 1. The maximum absolute atomic E-state index is 10.7. The third-order valence-corrected chi connectivity index (χ3v) is 1.70. The van der Waals surface area contributed by atoms with Crippen LogP contribution in [0.15, 0.2) is 0 Å². The van der Waals surface area contributed by atoms with E-state index in [4.69, 9.17) is 5.73 Å². The molecule has 66 valence electrons. The Kier molecular flexibility index (Phi) is 4.81. The van der Waals surface area contributed by atoms with Gasteiger partial charge in [0.25, 0.3) is 0 Å². The minimum atomic E-state index is -0.229. The van der Waals surface area contributed by atoms with Crippen molar-refractivity contribution in [2.45, 2.75) is 13.0 Å². The molecule has 2 N–H and O–H groups in total. The minimum Gasteiger partial charge on any atom is -0.468 e. The molecule has 0 aliphatic heterocycles. The summed E-state index contributed by atoms with van der Waals surface area (Å²) in [6.07, 6.45) is 0. The largest absolute Gasteiger partial charge is 0.468 e. The van der Waals surface area contributed by atoms with Gasteiger partial charge in [-0.25, -0.2) is 0 Å². The van der Waals surface area contributed by atoms with Crippen molar-refractivity contribution in [3.05, 3.63) is 0 Å². The summed E-state index contributed by atoms with van der Waals surface area (Å²) in [6, 6.07) is 0.217. The first-order valence-electron chi connectivity index (χ1n) is 3.59. The predicted molar refractivity (Wildman–Crippen MR) is 43.2 cm³/mol. The standard InChI is InChI=1S/C7H16N2O2/c1-6(4-8)9(2)5-7(10)11-3/h6H,4-5,8H2,1-3H3. The molecule has 4 nitrogen and oxygen atoms in total. The lowest BCUT2D eigenvalue weighted by molar-refractivity contribution is -0.142. The molecular weight excluding hydrogens is 144 g/mol. The lowest BCUT2D eigenvalue weighted by atomic mass is 10.3. The molecule has 0 saturated carbocycles. The molecule has 0 saturated heterocycles. The highest BCUT2D eigenvalue weighted by Gasteiger charge is 2.10. The molecule has 11 heavy (non-hydrogen) atoms. The second-order valence-electron chi connectivity index (χ2n) is 2.58. The van der Waals surface area contributed by atoms with Gasteiger partial charge >= 0.3 is 5.97 Å². The van der Waals surface area contributed by atoms with Gasteiger partial charge in [-0.2, -0.15) is 0 Å². The summed E-state index contributed by atoms with van der Waals surface area (Å²) >= 11 is 0. The summed E-state index contributed by atoms with van der Waals surface area (Å²) in [7, 11) is 3.22. The first kappa shape index (κ1) is 10.4. The molecular formula is C7H16N2O2. The number of hydrogen-bond donors (Lipinski definition) is 1. The number of rotatable bonds is 4. The Morgan fingerprint density at radius 3 is 2.64 bits per heavy atom. The van der Waals surface area contributed by atoms with Crippen LogP contribution in [0.4, 0.5) is 0 Å². The van der Waals surface area contributed by atoms with Crippen LogP contribution in [-0.4, -0.2) is 44.2 Å². The summed E-state index contributed by atoms with van der Waals surface area (Å²) in [6.45, 7) is 2.81. The SMILES string of the molecule is COC(=O)CN(C)C(C)CN. The Labute approximate surface area is 67.3 Å². The van der Waals surface area contributed by atoms with Crippen molar-refractivity contribution in [3.63, 3.8) is 0 Å². The Morgan fingerprint density at radius 1 is 1.73 bits per heavy atom. The molecule has 0 radical (unpaired) electrons. The van der Waals surface area contributed by atoms with Crippen LogP contribution in [-0.2, 0) is 9.53 Å². The van der Waals surface area contributed by atoms with Gasteiger partial charge in [-0.15, -0.1) is 0 Å². The van der Waals surface area contributed by atoms with Gasteiger partial charge in [-0.1, -0.05) is 0 Å². The molecule has 0 aromatic rings. The third kappa shape index (κ3) is 3.95. The van der Waals surface area contributed by atoms with E-state index >= 15 is 0 Å². The van der Waals surface area contributed by atoms with Crippen LogP contribution in [0.5, 0.6) is 0 Å². The fourth-order valence-corrected chi connectivity index (χ4v) is 0.604. The Morgan fingerprint density at radius 2 is 2.27 bits per heavy atom. The Bertz CT molecular complexity index is 128. The molecule has 0 bridgehead atoms. The van der Waals surface area contributed by atoms with E-state index in [9.17, 15) is 4.79 Å². The highest BCUT2D eigenvalue weighted by molar-refractivity contribution is 5.71. The molecule has 0 heterocycles. The molecule has 0 fully saturated rings. The third-order valence-electron chi connectivity index (χ3n) is 1.70. The smallest absolute Gasteiger partial charge is 0.319 e. The van der Waals surface area contributed by atoms with Gasteiger partial charge in [0.1, 0.15) is 0 Å². The van der Waals surface area contributed by atoms with Gasteiger partial charge in [-0.3, -0.25) is 9.69 Å². The molecule has 1 atom stereocenters. The Hall–Kier alpha value is -0.610. The van der Waals surface area contributed by atoms with Crippen molar-refractivity contribution in [2.75, 3.05) is 27.2 Å². The summed E-state index contributed by atoms with van der Waals surface area (Å²) in [5, 5.41) is 0. The lowest BCUT2D eigenvalue weighted by Gasteiger charge is -2.21. The molecule has 1 unspecified atom stereocenters. The van der Waals surface area contributed by atoms with Crippen molar-refractivity contribution in [3.8, 4) is 0 Å². The fraction of sp³-hybridized carbons (Fsp3) is 0.857. The molecule has 0 spiro atoms. The average molecular weight is 160 g/mol. The molecule has 0 aromatic carbocycles. The number of hydrogen-bond acceptors (Lipinski definition) is 4.